The van der Waals surface area contributed by atoms with Gasteiger partial charge in [-0.3, -0.25) is 33.0 Å². The number of aryl methyl sites for hydroxylation is 10. The highest BCUT2D eigenvalue weighted by Crippen LogP contribution is 2.41. The number of carbonyl (C=O) groups is 4. The Bertz CT molecular complexity index is 4110. The lowest BCUT2D eigenvalue weighted by Crippen LogP contribution is -2.50. The highest BCUT2D eigenvalue weighted by Gasteiger charge is 2.43. The van der Waals surface area contributed by atoms with Crippen molar-refractivity contribution in [1.29, 1.82) is 0 Å². The van der Waals surface area contributed by atoms with Crippen LogP contribution in [-0.4, -0.2) is 167 Å². The second-order valence-corrected chi connectivity index (χ2v) is 29.7. The van der Waals surface area contributed by atoms with Crippen LogP contribution < -0.4 is 27.8 Å². The van der Waals surface area contributed by atoms with Gasteiger partial charge in [-0.15, -0.1) is 0 Å². The van der Waals surface area contributed by atoms with E-state index in [-0.39, 0.29) is 45.8 Å². The summed E-state index contributed by atoms with van der Waals surface area (Å²) in [4.78, 5) is 67.5. The van der Waals surface area contributed by atoms with Gasteiger partial charge >= 0.3 is 30.6 Å². The number of anilines is 5. The summed E-state index contributed by atoms with van der Waals surface area (Å²) in [6.45, 7) is 22.2. The Morgan fingerprint density at radius 2 is 0.981 bits per heavy atom. The molecule has 4 aliphatic rings. The third-order valence-corrected chi connectivity index (χ3v) is 17.1. The fourth-order valence-corrected chi connectivity index (χ4v) is 10.9. The molecule has 8 aromatic heterocycles. The molecule has 0 saturated carbocycles. The maximum absolute atomic E-state index is 12.5. The van der Waals surface area contributed by atoms with Gasteiger partial charge in [0.15, 0.2) is 0 Å². The second-order valence-electron chi connectivity index (χ2n) is 27.9. The lowest BCUT2D eigenvalue weighted by molar-refractivity contribution is -0.123. The van der Waals surface area contributed by atoms with Gasteiger partial charge in [-0.05, 0) is 168 Å². The van der Waals surface area contributed by atoms with E-state index in [4.69, 9.17) is 89.4 Å². The quantitative estimate of drug-likeness (QED) is 0.0462. The van der Waals surface area contributed by atoms with Crippen molar-refractivity contribution in [2.75, 3.05) is 29.1 Å². The number of amides is 3. The molecule has 12 rings (SSSR count). The van der Waals surface area contributed by atoms with Gasteiger partial charge in [-0.2, -0.15) is 43.8 Å². The summed E-state index contributed by atoms with van der Waals surface area (Å²) in [7, 11) is 10.7. The summed E-state index contributed by atoms with van der Waals surface area (Å²) in [6.07, 6.45) is 18.9. The zero-order valence-electron chi connectivity index (χ0n) is 63.3. The Hall–Kier alpha value is -9.38. The molecule has 39 heteroatoms. The highest BCUT2D eigenvalue weighted by atomic mass is 35.5. The summed E-state index contributed by atoms with van der Waals surface area (Å²) < 4.78 is 66.4. The molecule has 4 atom stereocenters. The van der Waals surface area contributed by atoms with Crippen LogP contribution in [0.4, 0.5) is 61.0 Å². The van der Waals surface area contributed by atoms with Gasteiger partial charge in [0.25, 0.3) is 0 Å². The van der Waals surface area contributed by atoms with Gasteiger partial charge in [-0.1, -0.05) is 66.0 Å². The van der Waals surface area contributed by atoms with Gasteiger partial charge in [0.05, 0.1) is 83.4 Å². The lowest BCUT2D eigenvalue weighted by Gasteiger charge is -2.35. The fraction of sp³-hybridized carbons (Fsp3) is 0.507. The molecule has 12 heterocycles. The number of hydrogen-bond acceptors (Lipinski definition) is 22. The topological polar surface area (TPSA) is 372 Å². The number of alkyl halides is 3. The minimum Gasteiger partial charge on any atom is -0.444 e. The molecule has 4 bridgehead atoms. The molecule has 0 aromatic carbocycles. The summed E-state index contributed by atoms with van der Waals surface area (Å²) in [5.41, 5.74) is 24.2. The molecule has 3 amide bonds. The number of nitrogens with two attached hydrogens (primary N) is 3. The molecule has 598 valence electrons. The first-order chi connectivity index (χ1) is 49.6. The van der Waals surface area contributed by atoms with Crippen molar-refractivity contribution in [2.24, 2.45) is 42.3 Å². The second kappa shape index (κ2) is 39.6. The third kappa shape index (κ3) is 29.3. The van der Waals surface area contributed by atoms with Crippen molar-refractivity contribution in [1.82, 2.24) is 93.7 Å². The largest absolute Gasteiger partial charge is 0.519 e. The molecule has 4 aliphatic heterocycles. The van der Waals surface area contributed by atoms with Crippen LogP contribution in [0.3, 0.4) is 0 Å². The van der Waals surface area contributed by atoms with E-state index in [1.165, 1.54) is 36.9 Å². The highest BCUT2D eigenvalue weighted by molar-refractivity contribution is 6.33. The van der Waals surface area contributed by atoms with Gasteiger partial charge in [0.1, 0.15) is 44.0 Å². The number of halogens is 8. The van der Waals surface area contributed by atoms with E-state index in [2.05, 4.69) is 66.7 Å². The van der Waals surface area contributed by atoms with Crippen LogP contribution in [0.25, 0.3) is 11.1 Å². The van der Waals surface area contributed by atoms with Gasteiger partial charge in [0, 0.05) is 87.6 Å². The summed E-state index contributed by atoms with van der Waals surface area (Å²) in [5, 5.41) is 30.7. The number of nitrogens with one attached hydrogen (secondary N) is 2. The van der Waals surface area contributed by atoms with E-state index in [0.29, 0.717) is 62.2 Å². The maximum Gasteiger partial charge on any atom is 0.519 e. The number of ether oxygens (including phenoxy) is 4. The number of nitrogens with zero attached hydrogens (tertiary/aromatic N) is 18. The first kappa shape index (κ1) is 91.0. The Labute approximate surface area is 654 Å². The van der Waals surface area contributed by atoms with Crippen molar-refractivity contribution >= 4 is 122 Å². The van der Waals surface area contributed by atoms with E-state index in [0.717, 1.165) is 64.9 Å². The number of urea groups is 1. The van der Waals surface area contributed by atoms with Crippen molar-refractivity contribution < 1.29 is 54.2 Å². The molecule has 8 aromatic rings. The summed E-state index contributed by atoms with van der Waals surface area (Å²) in [5.74, 6) is 0.356. The number of hydrogen-bond donors (Lipinski definition) is 5. The van der Waals surface area contributed by atoms with Gasteiger partial charge < -0.3 is 51.7 Å². The molecule has 8 N–H and O–H groups in total. The number of fused-ring (bicyclic) bond motifs is 4. The van der Waals surface area contributed by atoms with Crippen molar-refractivity contribution in [2.45, 2.75) is 183 Å². The van der Waals surface area contributed by atoms with E-state index >= 15 is 0 Å². The van der Waals surface area contributed by atoms with E-state index in [1.807, 2.05) is 98.3 Å². The SMILES string of the molecule is C.CC(C)(C)OC(=O)OC(=O)OC(C)(C)C.Cc1cnc(Cl)nc1C1=CC2CCC(C1)N2C(=O)OC(C)(C)C.Cc1cnc(Nc2cnn(C)c2Cl)nc1C1=CC2CCC(C1)N2C(=O)NCC(F)(F)F.Cc1cnn(C)c1.Cc1cnn(C)c1Cl.Cn1cc(N)cn1.Cn1ncc(N)c1Cl.Cn1ncc(N)c1Cl.[HH].[HH]. The Morgan fingerprint density at radius 3 is 1.31 bits per heavy atom. The van der Waals surface area contributed by atoms with Crippen LogP contribution in [0, 0.1) is 27.7 Å². The third-order valence-electron chi connectivity index (χ3n) is 15.0. The molecule has 108 heavy (non-hydrogen) atoms. The van der Waals surface area contributed by atoms with Crippen LogP contribution in [0.2, 0.25) is 25.9 Å². The maximum atomic E-state index is 12.5. The number of aromatic nitrogens is 16. The average Bonchev–Trinajstić information content (AvgIpc) is 1.58. The number of carbonyl (C=O) groups excluding carboxylic acids is 4. The van der Waals surface area contributed by atoms with Crippen LogP contribution in [0.5, 0.6) is 0 Å². The molecule has 0 aliphatic carbocycles. The molecule has 0 radical (unpaired) electrons. The first-order valence-corrected chi connectivity index (χ1v) is 35.1. The van der Waals surface area contributed by atoms with Crippen molar-refractivity contribution in [3.05, 3.63) is 134 Å². The Morgan fingerprint density at radius 1 is 0.537 bits per heavy atom. The predicted molar refractivity (Wildman–Crippen MR) is 417 cm³/mol. The molecule has 0 spiro atoms. The Kier molecular flexibility index (Phi) is 33.4. The smallest absolute Gasteiger partial charge is 0.444 e. The zero-order valence-corrected chi connectivity index (χ0v) is 67.0. The zero-order chi connectivity index (χ0) is 80.4. The van der Waals surface area contributed by atoms with Crippen LogP contribution in [0.1, 0.15) is 145 Å². The van der Waals surface area contributed by atoms with Crippen LogP contribution >= 0.6 is 58.0 Å². The van der Waals surface area contributed by atoms with Crippen LogP contribution in [0.15, 0.2) is 74.1 Å². The monoisotopic (exact) mass is 1610 g/mol. The minimum absolute atomic E-state index is 0. The van der Waals surface area contributed by atoms with E-state index in [9.17, 15) is 32.3 Å². The standard InChI is InChI=1S/C19H21ClF3N7O.C17H22ClN3O2.C10H18O5.C5H7ClN2.C5H8N2.2C4H6ClN3.C4H7N3.CH4.2H2/c1-10-7-24-17(27-14-8-26-29(2)16(14)20)28-15(10)11-5-12-3-4-13(6-11)30(12)18(31)25-9-19(21,22)23;1-10-9-19-15(18)20-14(10)11-7-12-5-6-13(8-11)21(12)16(22)23-17(2,3)4;1-9(2,3)14-7(11)13-8(12)15-10(4,5)6;1-4-3-7-8(2)5(4)6;1-5-3-6-7(2)4-5;2*1-8-4(5)3(6)2-7-8;1-7-3-4(5)2-6-7;;;/h5,7-8,12-13H,3-4,6,9H2,1-2H3,(H,25,31)(H,24,27,28);7,9,12-13H,5-6,8H2,1-4H3;1-6H3;3H,1-2H3;3-4H,1-2H3;2*2H,6H2,1H3;2-3H,5H2,1H3;1H4;2*1H. The number of rotatable bonds is 5. The average molecular weight is 1620 g/mol. The van der Waals surface area contributed by atoms with E-state index < -0.39 is 47.9 Å². The molecular weight excluding hydrogens is 1510 g/mol. The molecule has 2 saturated heterocycles. The predicted octanol–water partition coefficient (Wildman–Crippen LogP) is 15.2. The Balaban J connectivity index is 0.000000457. The molecule has 31 nitrogen and oxygen atoms in total. The first-order valence-electron chi connectivity index (χ1n) is 33.3. The van der Waals surface area contributed by atoms with Crippen LogP contribution in [-0.2, 0) is 61.2 Å². The molecular formula is C69H103Cl5F3N23O8. The number of nitrogen functional groups attached to an aromatic ring is 3. The summed E-state index contributed by atoms with van der Waals surface area (Å²) >= 11 is 29.0. The lowest BCUT2D eigenvalue weighted by atomic mass is 9.96. The normalized spacial score (nSPS) is 16.0. The minimum atomic E-state index is -4.44. The van der Waals surface area contributed by atoms with E-state index in [1.54, 1.807) is 114 Å². The summed E-state index contributed by atoms with van der Waals surface area (Å²) in [6, 6.07) is -0.875. The molecule has 2 fully saturated rings. The van der Waals surface area contributed by atoms with Crippen molar-refractivity contribution in [3.8, 4) is 0 Å². The fourth-order valence-electron chi connectivity index (χ4n) is 10.4. The van der Waals surface area contributed by atoms with Gasteiger partial charge in [0.2, 0.25) is 11.2 Å². The molecule has 4 unspecified atom stereocenters. The van der Waals surface area contributed by atoms with Gasteiger partial charge in [-0.25, -0.2) is 39.1 Å². The van der Waals surface area contributed by atoms with Crippen molar-refractivity contribution in [3.63, 3.8) is 0 Å².